The lowest BCUT2D eigenvalue weighted by molar-refractivity contribution is 0.669. The van der Waals surface area contributed by atoms with Crippen molar-refractivity contribution in [3.05, 3.63) is 200 Å². The number of fused-ring (bicyclic) bond motifs is 11. The van der Waals surface area contributed by atoms with Gasteiger partial charge in [0.15, 0.2) is 17.5 Å². The van der Waals surface area contributed by atoms with E-state index < -0.39 is 0 Å². The molecule has 0 spiro atoms. The van der Waals surface area contributed by atoms with Crippen LogP contribution in [0, 0.1) is 0 Å². The predicted octanol–water partition coefficient (Wildman–Crippen LogP) is 14.7. The molecular weight excluding hydrogens is 719 g/mol. The largest absolute Gasteiger partial charge is 0.456 e. The van der Waals surface area contributed by atoms with Crippen LogP contribution in [0.5, 0.6) is 0 Å². The summed E-state index contributed by atoms with van der Waals surface area (Å²) in [6, 6.07) is 70.7. The summed E-state index contributed by atoms with van der Waals surface area (Å²) in [6.07, 6.45) is 0. The Morgan fingerprint density at radius 1 is 0.254 bits per heavy atom. The van der Waals surface area contributed by atoms with Crippen LogP contribution in [0.15, 0.2) is 205 Å². The first-order chi connectivity index (χ1) is 29.2. The van der Waals surface area contributed by atoms with E-state index in [9.17, 15) is 0 Å². The number of benzene rings is 10. The fourth-order valence-corrected chi connectivity index (χ4v) is 8.90. The molecule has 274 valence electrons. The number of hydrogen-bond acceptors (Lipinski definition) is 4. The highest BCUT2D eigenvalue weighted by Gasteiger charge is 2.17. The summed E-state index contributed by atoms with van der Waals surface area (Å²) in [5.74, 6) is 1.85. The molecule has 0 atom stereocenters. The first kappa shape index (κ1) is 33.2. The zero-order valence-corrected chi connectivity index (χ0v) is 31.8. The minimum absolute atomic E-state index is 0.610. The van der Waals surface area contributed by atoms with Crippen LogP contribution in [0.25, 0.3) is 121 Å². The second kappa shape index (κ2) is 13.3. The lowest BCUT2D eigenvalue weighted by Gasteiger charge is -2.16. The molecule has 0 saturated heterocycles. The van der Waals surface area contributed by atoms with Crippen LogP contribution < -0.4 is 0 Å². The summed E-state index contributed by atoms with van der Waals surface area (Å²) in [7, 11) is 0. The third-order valence-electron chi connectivity index (χ3n) is 11.7. The zero-order valence-electron chi connectivity index (χ0n) is 31.8. The number of nitrogens with zero attached hydrogens (tertiary/aromatic N) is 3. The van der Waals surface area contributed by atoms with Gasteiger partial charge in [-0.25, -0.2) is 15.0 Å². The lowest BCUT2D eigenvalue weighted by atomic mass is 9.87. The molecule has 0 saturated carbocycles. The molecule has 0 radical (unpaired) electrons. The molecule has 4 nitrogen and oxygen atoms in total. The van der Waals surface area contributed by atoms with Crippen LogP contribution in [0.2, 0.25) is 0 Å². The van der Waals surface area contributed by atoms with Crippen molar-refractivity contribution >= 4 is 65.0 Å². The average molecular weight is 752 g/mol. The van der Waals surface area contributed by atoms with E-state index >= 15 is 0 Å². The standard InChI is InChI=1S/C55H33N3O/c1-2-13-36(14-3-1)53-56-54(58-55(57-53)39-29-30-51-48(32-39)44-21-10-11-24-50(44)59-51)38-16-12-15-37(31-38)34-25-27-35(28-26-34)47-33-49-42-19-5-4-17-40(42)41-18-6-8-22-45(41)52(49)46-23-9-7-20-43(46)47/h1-33H. The van der Waals surface area contributed by atoms with E-state index in [1.165, 1.54) is 54.2 Å². The number of rotatable bonds is 5. The highest BCUT2D eigenvalue weighted by atomic mass is 16.3. The minimum Gasteiger partial charge on any atom is -0.456 e. The van der Waals surface area contributed by atoms with Crippen molar-refractivity contribution in [1.82, 2.24) is 15.0 Å². The maximum Gasteiger partial charge on any atom is 0.164 e. The molecule has 59 heavy (non-hydrogen) atoms. The summed E-state index contributed by atoms with van der Waals surface area (Å²) in [6.45, 7) is 0. The Balaban J connectivity index is 0.962. The van der Waals surface area contributed by atoms with Crippen LogP contribution >= 0.6 is 0 Å². The van der Waals surface area contributed by atoms with E-state index in [1.54, 1.807) is 0 Å². The van der Waals surface area contributed by atoms with Gasteiger partial charge in [0.1, 0.15) is 11.2 Å². The van der Waals surface area contributed by atoms with Gasteiger partial charge in [-0.15, -0.1) is 0 Å². The van der Waals surface area contributed by atoms with Crippen molar-refractivity contribution < 1.29 is 4.42 Å². The Morgan fingerprint density at radius 2 is 0.729 bits per heavy atom. The van der Waals surface area contributed by atoms with Gasteiger partial charge in [0.05, 0.1) is 0 Å². The molecule has 0 unspecified atom stereocenters. The van der Waals surface area contributed by atoms with Crippen molar-refractivity contribution in [1.29, 1.82) is 0 Å². The molecular formula is C55H33N3O. The van der Waals surface area contributed by atoms with Crippen molar-refractivity contribution in [2.24, 2.45) is 0 Å². The normalized spacial score (nSPS) is 11.7. The van der Waals surface area contributed by atoms with Crippen molar-refractivity contribution in [3.63, 3.8) is 0 Å². The van der Waals surface area contributed by atoms with Gasteiger partial charge in [-0.05, 0) is 102 Å². The Bertz CT molecular complexity index is 3610. The van der Waals surface area contributed by atoms with Crippen LogP contribution in [0.4, 0.5) is 0 Å². The number of aromatic nitrogens is 3. The minimum atomic E-state index is 0.610. The Morgan fingerprint density at radius 3 is 1.46 bits per heavy atom. The molecule has 0 bridgehead atoms. The van der Waals surface area contributed by atoms with E-state index in [-0.39, 0.29) is 0 Å². The second-order valence-electron chi connectivity index (χ2n) is 15.1. The molecule has 0 N–H and O–H groups in total. The maximum absolute atomic E-state index is 6.13. The van der Waals surface area contributed by atoms with Crippen LogP contribution in [-0.2, 0) is 0 Å². The first-order valence-corrected chi connectivity index (χ1v) is 19.9. The summed E-state index contributed by atoms with van der Waals surface area (Å²) in [5.41, 5.74) is 9.05. The smallest absolute Gasteiger partial charge is 0.164 e. The van der Waals surface area contributed by atoms with Gasteiger partial charge < -0.3 is 4.42 Å². The van der Waals surface area contributed by atoms with Gasteiger partial charge in [0.2, 0.25) is 0 Å². The fourth-order valence-electron chi connectivity index (χ4n) is 8.90. The van der Waals surface area contributed by atoms with Crippen LogP contribution in [0.1, 0.15) is 0 Å². The third kappa shape index (κ3) is 5.49. The summed E-state index contributed by atoms with van der Waals surface area (Å²) < 4.78 is 6.13. The van der Waals surface area contributed by atoms with Gasteiger partial charge in [0, 0.05) is 27.5 Å². The quantitative estimate of drug-likeness (QED) is 0.164. The Labute approximate surface area is 339 Å². The van der Waals surface area contributed by atoms with Crippen molar-refractivity contribution in [3.8, 4) is 56.4 Å². The molecule has 0 aliphatic rings. The third-order valence-corrected chi connectivity index (χ3v) is 11.7. The lowest BCUT2D eigenvalue weighted by Crippen LogP contribution is -2.00. The predicted molar refractivity (Wildman–Crippen MR) is 244 cm³/mol. The Kier molecular flexibility index (Phi) is 7.50. The van der Waals surface area contributed by atoms with Crippen LogP contribution in [0.3, 0.4) is 0 Å². The van der Waals surface area contributed by atoms with Gasteiger partial charge in [-0.2, -0.15) is 0 Å². The fraction of sp³-hybridized carbons (Fsp3) is 0. The van der Waals surface area contributed by atoms with Gasteiger partial charge in [0.25, 0.3) is 0 Å². The van der Waals surface area contributed by atoms with Gasteiger partial charge in [-0.3, -0.25) is 0 Å². The zero-order chi connectivity index (χ0) is 38.9. The number of hydrogen-bond donors (Lipinski definition) is 0. The molecule has 2 heterocycles. The monoisotopic (exact) mass is 751 g/mol. The second-order valence-corrected chi connectivity index (χ2v) is 15.1. The maximum atomic E-state index is 6.13. The molecule has 12 aromatic rings. The molecule has 0 amide bonds. The first-order valence-electron chi connectivity index (χ1n) is 19.9. The topological polar surface area (TPSA) is 51.8 Å². The summed E-state index contributed by atoms with van der Waals surface area (Å²) in [4.78, 5) is 15.2. The molecule has 0 aliphatic carbocycles. The van der Waals surface area contributed by atoms with Gasteiger partial charge >= 0.3 is 0 Å². The molecule has 2 aromatic heterocycles. The van der Waals surface area contributed by atoms with E-state index in [0.717, 1.165) is 49.8 Å². The van der Waals surface area contributed by atoms with E-state index in [4.69, 9.17) is 19.4 Å². The van der Waals surface area contributed by atoms with Gasteiger partial charge in [-0.1, -0.05) is 164 Å². The summed E-state index contributed by atoms with van der Waals surface area (Å²) >= 11 is 0. The molecule has 12 rings (SSSR count). The molecule has 10 aromatic carbocycles. The average Bonchev–Trinajstić information content (AvgIpc) is 3.69. The van der Waals surface area contributed by atoms with E-state index in [2.05, 4.69) is 140 Å². The van der Waals surface area contributed by atoms with Crippen molar-refractivity contribution in [2.75, 3.05) is 0 Å². The molecule has 4 heteroatoms. The highest BCUT2D eigenvalue weighted by molar-refractivity contribution is 6.33. The van der Waals surface area contributed by atoms with Crippen molar-refractivity contribution in [2.45, 2.75) is 0 Å². The summed E-state index contributed by atoms with van der Waals surface area (Å²) in [5, 5.41) is 12.3. The molecule has 0 fully saturated rings. The number of para-hydroxylation sites is 1. The molecule has 0 aliphatic heterocycles. The van der Waals surface area contributed by atoms with E-state index in [1.807, 2.05) is 60.7 Å². The SMILES string of the molecule is c1ccc(-c2nc(-c3cccc(-c4ccc(-c5cc6c7ccccc7c7ccccc7c6c6ccccc56)cc4)c3)nc(-c3ccc4oc5ccccc5c4c3)n2)cc1. The number of furan rings is 1. The Hall–Kier alpha value is -7.95. The highest BCUT2D eigenvalue weighted by Crippen LogP contribution is 2.43. The van der Waals surface area contributed by atoms with E-state index in [0.29, 0.717) is 17.5 Å². The van der Waals surface area contributed by atoms with Crippen LogP contribution in [-0.4, -0.2) is 15.0 Å².